The number of aromatic nitrogens is 1. The van der Waals surface area contributed by atoms with E-state index in [1.165, 1.54) is 0 Å². The van der Waals surface area contributed by atoms with Crippen molar-refractivity contribution in [1.29, 1.82) is 0 Å². The predicted molar refractivity (Wildman–Crippen MR) is 79.1 cm³/mol. The van der Waals surface area contributed by atoms with E-state index in [1.807, 2.05) is 13.0 Å². The van der Waals surface area contributed by atoms with E-state index in [-0.39, 0.29) is 0 Å². The van der Waals surface area contributed by atoms with Gasteiger partial charge in [-0.25, -0.2) is 5.43 Å². The molecule has 10 heteroatoms. The molecule has 0 spiro atoms. The molecule has 0 saturated carbocycles. The zero-order valence-electron chi connectivity index (χ0n) is 13.3. The molecule has 25 heavy (non-hydrogen) atoms. The zero-order chi connectivity index (χ0) is 19.2. The first-order valence-corrected chi connectivity index (χ1v) is 6.98. The summed E-state index contributed by atoms with van der Waals surface area (Å²) in [5.74, 6) is -6.26. The largest absolute Gasteiger partial charge is 0.462 e. The lowest BCUT2D eigenvalue weighted by Gasteiger charge is -2.27. The Balaban J connectivity index is 2.37. The molecule has 3 nitrogen and oxygen atoms in total. The molecule has 138 valence electrons. The number of fused-ring (bicyclic) bond motifs is 1. The molecule has 2 aromatic rings. The molecule has 0 bridgehead atoms. The van der Waals surface area contributed by atoms with E-state index in [4.69, 9.17) is 0 Å². The highest BCUT2D eigenvalue weighted by atomic mass is 19.4. The number of rotatable bonds is 4. The summed E-state index contributed by atoms with van der Waals surface area (Å²) in [6.07, 6.45) is -5.61. The fraction of sp³-hybridized carbons (Fsp3) is 0.400. The Labute approximate surface area is 138 Å². The van der Waals surface area contributed by atoms with Gasteiger partial charge in [0.1, 0.15) is 0 Å². The third-order valence-electron chi connectivity index (χ3n) is 3.91. The number of hydrogen-bond acceptors (Lipinski definition) is 2. The maximum absolute atomic E-state index is 13.2. The van der Waals surface area contributed by atoms with Gasteiger partial charge < -0.3 is 4.57 Å². The highest BCUT2D eigenvalue weighted by molar-refractivity contribution is 6.02. The summed E-state index contributed by atoms with van der Waals surface area (Å²) >= 11 is 0. The monoisotopic (exact) mass is 369 g/mol. The topological polar surface area (TPSA) is 29.3 Å². The van der Waals surface area contributed by atoms with Crippen molar-refractivity contribution < 1.29 is 30.7 Å². The lowest BCUT2D eigenvalue weighted by Crippen LogP contribution is -2.58. The molecular formula is C15H14F7N3. The Bertz CT molecular complexity index is 819. The number of nitrogens with zero attached hydrogens (tertiary/aromatic N) is 2. The number of hydrogen-bond donors (Lipinski definition) is 1. The minimum atomic E-state index is -6.41. The van der Waals surface area contributed by atoms with E-state index in [0.29, 0.717) is 22.1 Å². The SMILES string of the molecule is Cc1cccc2c(/C=N/NC(F)(F)C(F)(F)C(F)(F)F)c(C)n(C)c12. The van der Waals surface area contributed by atoms with Crippen molar-refractivity contribution in [2.45, 2.75) is 32.0 Å². The first kappa shape index (κ1) is 19.1. The molecule has 0 unspecified atom stereocenters. The van der Waals surface area contributed by atoms with E-state index in [1.54, 1.807) is 30.7 Å². The van der Waals surface area contributed by atoms with Crippen LogP contribution in [0.15, 0.2) is 23.3 Å². The van der Waals surface area contributed by atoms with Gasteiger partial charge in [-0.3, -0.25) is 0 Å². The van der Waals surface area contributed by atoms with Gasteiger partial charge in [-0.2, -0.15) is 35.8 Å². The maximum Gasteiger partial charge on any atom is 0.462 e. The molecule has 1 aromatic carbocycles. The first-order valence-electron chi connectivity index (χ1n) is 6.98. The van der Waals surface area contributed by atoms with Gasteiger partial charge in [0.25, 0.3) is 0 Å². The summed E-state index contributed by atoms with van der Waals surface area (Å²) < 4.78 is 90.0. The van der Waals surface area contributed by atoms with E-state index in [9.17, 15) is 30.7 Å². The molecule has 0 amide bonds. The van der Waals surface area contributed by atoms with E-state index in [0.717, 1.165) is 17.3 Å². The zero-order valence-corrected chi connectivity index (χ0v) is 13.3. The number of benzene rings is 1. The lowest BCUT2D eigenvalue weighted by atomic mass is 10.1. The standard InChI is InChI=1S/C15H14F7N3/c1-8-5-4-6-10-11(9(2)25(3)12(8)10)7-23-24-15(21,22)13(16,17)14(18,19)20/h4-7,24H,1-3H3/b23-7+. The van der Waals surface area contributed by atoms with Gasteiger partial charge in [0.2, 0.25) is 0 Å². The molecular weight excluding hydrogens is 355 g/mol. The quantitative estimate of drug-likeness (QED) is 0.365. The van der Waals surface area contributed by atoms with E-state index < -0.39 is 18.1 Å². The average Bonchev–Trinajstić information content (AvgIpc) is 2.72. The third-order valence-corrected chi connectivity index (χ3v) is 3.91. The number of hydrazone groups is 1. The molecule has 0 radical (unpaired) electrons. The van der Waals surface area contributed by atoms with Crippen molar-refractivity contribution >= 4 is 17.1 Å². The smallest absolute Gasteiger partial charge is 0.347 e. The maximum atomic E-state index is 13.2. The second kappa shape index (κ2) is 5.92. The van der Waals surface area contributed by atoms with Crippen LogP contribution in [0.2, 0.25) is 0 Å². The van der Waals surface area contributed by atoms with Crippen molar-refractivity contribution in [2.24, 2.45) is 12.1 Å². The lowest BCUT2D eigenvalue weighted by molar-refractivity contribution is -0.361. The molecule has 0 saturated heterocycles. The first-order chi connectivity index (χ1) is 11.3. The summed E-state index contributed by atoms with van der Waals surface area (Å²) in [4.78, 5) is 0. The number of halogens is 7. The van der Waals surface area contributed by atoms with Crippen molar-refractivity contribution in [3.8, 4) is 0 Å². The second-order valence-corrected chi connectivity index (χ2v) is 5.55. The van der Waals surface area contributed by atoms with Crippen molar-refractivity contribution in [2.75, 3.05) is 0 Å². The van der Waals surface area contributed by atoms with Gasteiger partial charge in [0.05, 0.1) is 11.7 Å². The fourth-order valence-corrected chi connectivity index (χ4v) is 2.45. The Morgan fingerprint density at radius 3 is 2.20 bits per heavy atom. The van der Waals surface area contributed by atoms with Crippen LogP contribution < -0.4 is 5.43 Å². The number of nitrogens with one attached hydrogen (secondary N) is 1. The number of alkyl halides is 7. The van der Waals surface area contributed by atoms with Gasteiger partial charge in [-0.05, 0) is 19.4 Å². The Morgan fingerprint density at radius 1 is 1.04 bits per heavy atom. The van der Waals surface area contributed by atoms with Crippen LogP contribution >= 0.6 is 0 Å². The normalized spacial score (nSPS) is 13.8. The van der Waals surface area contributed by atoms with E-state index in [2.05, 4.69) is 5.10 Å². The summed E-state index contributed by atoms with van der Waals surface area (Å²) in [7, 11) is 1.71. The minimum absolute atomic E-state index is 0.333. The van der Waals surface area contributed by atoms with Crippen molar-refractivity contribution in [3.63, 3.8) is 0 Å². The third kappa shape index (κ3) is 3.05. The molecule has 1 N–H and O–H groups in total. The average molecular weight is 369 g/mol. The van der Waals surface area contributed by atoms with Crippen LogP contribution in [-0.4, -0.2) is 28.9 Å². The Hall–Kier alpha value is -2.26. The molecule has 0 aliphatic carbocycles. The van der Waals surface area contributed by atoms with Gasteiger partial charge in [-0.15, -0.1) is 0 Å². The molecule has 0 atom stereocenters. The van der Waals surface area contributed by atoms with Crippen LogP contribution in [0, 0.1) is 13.8 Å². The summed E-state index contributed by atoms with van der Waals surface area (Å²) in [5.41, 5.74) is 3.20. The predicted octanol–water partition coefficient (Wildman–Crippen LogP) is 4.51. The van der Waals surface area contributed by atoms with Crippen LogP contribution in [0.4, 0.5) is 30.7 Å². The van der Waals surface area contributed by atoms with Crippen molar-refractivity contribution in [3.05, 3.63) is 35.0 Å². The number of para-hydroxylation sites is 1. The van der Waals surface area contributed by atoms with Crippen LogP contribution in [0.25, 0.3) is 10.9 Å². The van der Waals surface area contributed by atoms with Gasteiger partial charge in [-0.1, -0.05) is 18.2 Å². The number of aryl methyl sites for hydroxylation is 2. The van der Waals surface area contributed by atoms with Crippen LogP contribution in [0.3, 0.4) is 0 Å². The highest BCUT2D eigenvalue weighted by Gasteiger charge is 2.73. The van der Waals surface area contributed by atoms with Crippen LogP contribution in [-0.2, 0) is 7.05 Å². The summed E-state index contributed by atoms with van der Waals surface area (Å²) in [6.45, 7) is 3.46. The van der Waals surface area contributed by atoms with Gasteiger partial charge in [0, 0.05) is 23.7 Å². The second-order valence-electron chi connectivity index (χ2n) is 5.55. The molecule has 1 aromatic heterocycles. The van der Waals surface area contributed by atoms with Crippen LogP contribution in [0.5, 0.6) is 0 Å². The molecule has 2 rings (SSSR count). The Kier molecular flexibility index (Phi) is 4.52. The molecule has 0 fully saturated rings. The Morgan fingerprint density at radius 2 is 1.64 bits per heavy atom. The highest BCUT2D eigenvalue weighted by Crippen LogP contribution is 2.45. The van der Waals surface area contributed by atoms with Gasteiger partial charge >= 0.3 is 18.1 Å². The van der Waals surface area contributed by atoms with Crippen molar-refractivity contribution in [1.82, 2.24) is 9.99 Å². The minimum Gasteiger partial charge on any atom is -0.347 e. The van der Waals surface area contributed by atoms with E-state index >= 15 is 0 Å². The van der Waals surface area contributed by atoms with Gasteiger partial charge in [0.15, 0.2) is 0 Å². The summed E-state index contributed by atoms with van der Waals surface area (Å²) in [6, 6.07) is -0.400. The molecule has 1 heterocycles. The molecule has 0 aliphatic rings. The molecule has 0 aliphatic heterocycles. The summed E-state index contributed by atoms with van der Waals surface area (Å²) in [5, 5.41) is 3.54. The van der Waals surface area contributed by atoms with Crippen LogP contribution in [0.1, 0.15) is 16.8 Å². The fourth-order valence-electron chi connectivity index (χ4n) is 2.45.